The Kier molecular flexibility index (Phi) is 11.3. The molecule has 0 unspecified atom stereocenters. The van der Waals surface area contributed by atoms with Gasteiger partial charge in [0.2, 0.25) is 5.91 Å². The molecule has 0 spiro atoms. The molecule has 1 aromatic heterocycles. The van der Waals surface area contributed by atoms with E-state index in [9.17, 15) is 36.0 Å². The molecule has 0 radical (unpaired) electrons. The fraction of sp³-hybridized carbons (Fsp3) is 0.314. The highest BCUT2D eigenvalue weighted by molar-refractivity contribution is 7.92. The van der Waals surface area contributed by atoms with Crippen LogP contribution in [0, 0.1) is 0 Å². The quantitative estimate of drug-likeness (QED) is 0.172. The molecule has 18 heteroatoms. The SMILES string of the molecule is COC(=O)N(OC(=O)C(F)(F)F)c1ccc(S(=O)(=O)C(C)C)c([C@H]2CCCN2C(=O)[C@H](Nc2ccc3c(N)nccc3c2)c2ccc(Cl)c(OC)c2)c1. The highest BCUT2D eigenvalue weighted by Gasteiger charge is 2.45. The van der Waals surface area contributed by atoms with Crippen molar-refractivity contribution in [2.75, 3.05) is 36.9 Å². The Morgan fingerprint density at radius 2 is 1.79 bits per heavy atom. The monoisotopic (exact) mass is 777 g/mol. The molecule has 3 aromatic carbocycles. The van der Waals surface area contributed by atoms with E-state index in [0.29, 0.717) is 28.9 Å². The number of halogens is 4. The lowest BCUT2D eigenvalue weighted by molar-refractivity contribution is -0.200. The van der Waals surface area contributed by atoms with Crippen molar-refractivity contribution < 1.29 is 50.3 Å². The third-order valence-corrected chi connectivity index (χ3v) is 11.2. The summed E-state index contributed by atoms with van der Waals surface area (Å²) in [5.74, 6) is -2.62. The van der Waals surface area contributed by atoms with Gasteiger partial charge in [-0.1, -0.05) is 17.7 Å². The summed E-state index contributed by atoms with van der Waals surface area (Å²) in [5, 5.41) is 4.01. The van der Waals surface area contributed by atoms with E-state index in [1.54, 1.807) is 48.7 Å². The third-order valence-electron chi connectivity index (χ3n) is 8.66. The number of carbonyl (C=O) groups excluding carboxylic acids is 3. The first kappa shape index (κ1) is 38.9. The van der Waals surface area contributed by atoms with Gasteiger partial charge in [0.05, 0.1) is 41.1 Å². The van der Waals surface area contributed by atoms with Crippen molar-refractivity contribution >= 4 is 67.4 Å². The number of nitrogens with one attached hydrogen (secondary N) is 1. The summed E-state index contributed by atoms with van der Waals surface area (Å²) < 4.78 is 77.0. The van der Waals surface area contributed by atoms with Gasteiger partial charge in [0.25, 0.3) is 0 Å². The van der Waals surface area contributed by atoms with Gasteiger partial charge >= 0.3 is 18.2 Å². The molecule has 1 fully saturated rings. The second-order valence-electron chi connectivity index (χ2n) is 12.2. The highest BCUT2D eigenvalue weighted by atomic mass is 35.5. The van der Waals surface area contributed by atoms with Crippen LogP contribution in [-0.2, 0) is 29.0 Å². The molecule has 1 saturated heterocycles. The van der Waals surface area contributed by atoms with E-state index < -0.39 is 57.0 Å². The number of likely N-dealkylation sites (tertiary alicyclic amines) is 1. The number of nitrogens with two attached hydrogens (primary N) is 1. The van der Waals surface area contributed by atoms with E-state index in [0.717, 1.165) is 30.7 Å². The molecule has 5 rings (SSSR count). The van der Waals surface area contributed by atoms with E-state index in [1.807, 2.05) is 0 Å². The number of ether oxygens (including phenoxy) is 2. The van der Waals surface area contributed by atoms with Crippen LogP contribution in [0.15, 0.2) is 71.8 Å². The smallest absolute Gasteiger partial charge is 0.493 e. The summed E-state index contributed by atoms with van der Waals surface area (Å²) >= 11 is 6.32. The number of hydrogen-bond donors (Lipinski definition) is 2. The minimum Gasteiger partial charge on any atom is -0.495 e. The normalized spacial score (nSPS) is 15.3. The zero-order valence-electron chi connectivity index (χ0n) is 28.8. The molecule has 0 aliphatic carbocycles. The van der Waals surface area contributed by atoms with E-state index in [2.05, 4.69) is 19.9 Å². The average Bonchev–Trinajstić information content (AvgIpc) is 3.62. The van der Waals surface area contributed by atoms with Crippen LogP contribution in [-0.4, -0.2) is 68.5 Å². The number of sulfone groups is 1. The van der Waals surface area contributed by atoms with Gasteiger partial charge in [0, 0.05) is 23.8 Å². The minimum absolute atomic E-state index is 0.0138. The van der Waals surface area contributed by atoms with Crippen LogP contribution in [0.2, 0.25) is 5.02 Å². The van der Waals surface area contributed by atoms with Crippen LogP contribution in [0.3, 0.4) is 0 Å². The number of carbonyl (C=O) groups is 3. The molecule has 0 saturated carbocycles. The number of pyridine rings is 1. The van der Waals surface area contributed by atoms with Crippen molar-refractivity contribution in [3.63, 3.8) is 0 Å². The predicted molar refractivity (Wildman–Crippen MR) is 190 cm³/mol. The van der Waals surface area contributed by atoms with E-state index in [1.165, 1.54) is 25.9 Å². The maximum Gasteiger partial charge on any atom is 0.493 e. The number of nitrogen functional groups attached to an aromatic ring is 1. The van der Waals surface area contributed by atoms with Crippen LogP contribution in [0.25, 0.3) is 10.8 Å². The molecular weight excluding hydrogens is 743 g/mol. The molecule has 2 amide bonds. The lowest BCUT2D eigenvalue weighted by atomic mass is 10.0. The molecule has 1 aliphatic rings. The highest BCUT2D eigenvalue weighted by Crippen LogP contribution is 2.41. The molecule has 282 valence electrons. The zero-order chi connectivity index (χ0) is 38.8. The number of aromatic nitrogens is 1. The minimum atomic E-state index is -5.48. The number of alkyl halides is 3. The number of methoxy groups -OCH3 is 2. The number of hydroxylamine groups is 1. The standard InChI is InChI=1S/C35H35ClF3N5O8S/c1-19(2)53(48,49)29-12-9-23(44(34(47)51-4)52-33(46)35(37,38)39)18-25(29)27-6-5-15-43(27)32(45)30(21-7-11-26(36)28(17-21)50-3)42-22-8-10-24-20(16-22)13-14-41-31(24)40/h7-14,16-19,27,30,42H,5-6,15H2,1-4H3,(H2,40,41)/t27-,30-/m1/s1. The number of benzene rings is 3. The van der Waals surface area contributed by atoms with Gasteiger partial charge in [-0.3, -0.25) is 4.79 Å². The second kappa shape index (κ2) is 15.4. The first-order chi connectivity index (χ1) is 25.0. The second-order valence-corrected chi connectivity index (χ2v) is 15.1. The molecule has 2 atom stereocenters. The summed E-state index contributed by atoms with van der Waals surface area (Å²) in [6.45, 7) is 3.04. The lowest BCUT2D eigenvalue weighted by Crippen LogP contribution is -2.39. The van der Waals surface area contributed by atoms with E-state index >= 15 is 0 Å². The molecule has 4 aromatic rings. The van der Waals surface area contributed by atoms with Crippen molar-refractivity contribution in [1.82, 2.24) is 9.88 Å². The Hall–Kier alpha value is -5.29. The Balaban J connectivity index is 1.63. The summed E-state index contributed by atoms with van der Waals surface area (Å²) in [7, 11) is -1.82. The van der Waals surface area contributed by atoms with Gasteiger partial charge in [-0.15, -0.1) is 5.06 Å². The number of hydrogen-bond acceptors (Lipinski definition) is 11. The Morgan fingerprint density at radius 1 is 1.06 bits per heavy atom. The number of fused-ring (bicyclic) bond motifs is 1. The number of rotatable bonds is 9. The summed E-state index contributed by atoms with van der Waals surface area (Å²) in [5.41, 5.74) is 6.54. The number of anilines is 3. The largest absolute Gasteiger partial charge is 0.495 e. The first-order valence-corrected chi connectivity index (χ1v) is 18.0. The topological polar surface area (TPSA) is 170 Å². The molecule has 53 heavy (non-hydrogen) atoms. The fourth-order valence-corrected chi connectivity index (χ4v) is 7.45. The molecule has 1 aliphatic heterocycles. The molecule has 0 bridgehead atoms. The Morgan fingerprint density at radius 3 is 2.45 bits per heavy atom. The fourth-order valence-electron chi connectivity index (χ4n) is 5.97. The first-order valence-electron chi connectivity index (χ1n) is 16.1. The zero-order valence-corrected chi connectivity index (χ0v) is 30.4. The summed E-state index contributed by atoms with van der Waals surface area (Å²) in [4.78, 5) is 48.9. The maximum atomic E-state index is 14.8. The summed E-state index contributed by atoms with van der Waals surface area (Å²) in [6.07, 6.45) is -4.79. The van der Waals surface area contributed by atoms with Gasteiger partial charge in [0.1, 0.15) is 17.6 Å². The maximum absolute atomic E-state index is 14.8. The van der Waals surface area contributed by atoms with Crippen LogP contribution in [0.5, 0.6) is 5.75 Å². The van der Waals surface area contributed by atoms with Crippen LogP contribution >= 0.6 is 11.6 Å². The van der Waals surface area contributed by atoms with Crippen molar-refractivity contribution in [3.05, 3.63) is 83.0 Å². The molecule has 13 nitrogen and oxygen atoms in total. The van der Waals surface area contributed by atoms with Gasteiger partial charge in [-0.2, -0.15) is 13.2 Å². The van der Waals surface area contributed by atoms with Crippen LogP contribution in [0.1, 0.15) is 49.9 Å². The van der Waals surface area contributed by atoms with Gasteiger partial charge in [-0.25, -0.2) is 23.0 Å². The predicted octanol–water partition coefficient (Wildman–Crippen LogP) is 6.77. The lowest BCUT2D eigenvalue weighted by Gasteiger charge is -2.32. The number of nitrogens with zero attached hydrogens (tertiary/aromatic N) is 3. The van der Waals surface area contributed by atoms with Crippen molar-refractivity contribution in [1.29, 1.82) is 0 Å². The summed E-state index contributed by atoms with van der Waals surface area (Å²) in [6, 6.07) is 12.9. The van der Waals surface area contributed by atoms with Crippen molar-refractivity contribution in [2.45, 2.75) is 55.1 Å². The Labute approximate surface area is 307 Å². The van der Waals surface area contributed by atoms with Gasteiger partial charge < -0.3 is 30.3 Å². The number of amides is 2. The van der Waals surface area contributed by atoms with Gasteiger partial charge in [0.15, 0.2) is 9.84 Å². The molecule has 2 heterocycles. The van der Waals surface area contributed by atoms with Crippen molar-refractivity contribution in [2.24, 2.45) is 0 Å². The van der Waals surface area contributed by atoms with Crippen LogP contribution in [0.4, 0.5) is 35.2 Å². The van der Waals surface area contributed by atoms with Crippen LogP contribution < -0.4 is 20.9 Å². The van der Waals surface area contributed by atoms with Crippen molar-refractivity contribution in [3.8, 4) is 5.75 Å². The van der Waals surface area contributed by atoms with Gasteiger partial charge in [-0.05, 0) is 97.8 Å². The third kappa shape index (κ3) is 8.05. The Bertz CT molecular complexity index is 2170. The van der Waals surface area contributed by atoms with E-state index in [-0.39, 0.29) is 39.3 Å². The van der Waals surface area contributed by atoms with E-state index in [4.69, 9.17) is 22.1 Å². The average molecular weight is 778 g/mol. The molecule has 3 N–H and O–H groups in total. The molecular formula is C35H35ClF3N5O8S.